The van der Waals surface area contributed by atoms with E-state index < -0.39 is 29.3 Å². The van der Waals surface area contributed by atoms with Gasteiger partial charge in [0, 0.05) is 29.8 Å². The Morgan fingerprint density at radius 1 is 1.19 bits per heavy atom. The number of aromatic nitrogens is 1. The van der Waals surface area contributed by atoms with Crippen molar-refractivity contribution < 1.29 is 23.8 Å². The molecule has 2 aromatic carbocycles. The first-order chi connectivity index (χ1) is 17.1. The monoisotopic (exact) mass is 530 g/mol. The van der Waals surface area contributed by atoms with Gasteiger partial charge in [-0.3, -0.25) is 14.7 Å². The van der Waals surface area contributed by atoms with Crippen LogP contribution in [0.3, 0.4) is 0 Å². The van der Waals surface area contributed by atoms with E-state index in [1.54, 1.807) is 36.4 Å². The highest BCUT2D eigenvalue weighted by molar-refractivity contribution is 6.30. The molecule has 1 saturated heterocycles. The van der Waals surface area contributed by atoms with Crippen LogP contribution in [-0.2, 0) is 27.3 Å². The van der Waals surface area contributed by atoms with Gasteiger partial charge in [0.05, 0.1) is 34.0 Å². The Kier molecular flexibility index (Phi) is 6.55. The van der Waals surface area contributed by atoms with Crippen LogP contribution in [0, 0.1) is 5.82 Å². The predicted molar refractivity (Wildman–Crippen MR) is 133 cm³/mol. The second-order valence-corrected chi connectivity index (χ2v) is 10.4. The summed E-state index contributed by atoms with van der Waals surface area (Å²) in [6.07, 6.45) is 2.20. The maximum absolute atomic E-state index is 16.1. The summed E-state index contributed by atoms with van der Waals surface area (Å²) in [6, 6.07) is 12.9. The standard InChI is InChI=1S/C27H25Cl2FN2O4/c1-26(2,34)17-12-21-24(22(30)13-17)27(36-23-4-3-11-35-23,16-5-7-18(28)8-6-16)32(25(21)33)15-20-10-9-19(29)14-31-20/h5-10,12-14,23,34H,3-4,11,15H2,1-2H3/t23?,27-/m1/s1. The lowest BCUT2D eigenvalue weighted by atomic mass is 9.88. The maximum Gasteiger partial charge on any atom is 0.257 e. The molecule has 1 amide bonds. The van der Waals surface area contributed by atoms with E-state index in [1.807, 2.05) is 0 Å². The van der Waals surface area contributed by atoms with Crippen LogP contribution in [0.2, 0.25) is 10.0 Å². The molecule has 1 aromatic heterocycles. The molecule has 1 N–H and O–H groups in total. The molecule has 2 aliphatic heterocycles. The second kappa shape index (κ2) is 9.39. The Labute approximate surface area is 218 Å². The molecule has 1 unspecified atom stereocenters. The number of hydrogen-bond donors (Lipinski definition) is 1. The zero-order chi connectivity index (χ0) is 25.7. The lowest BCUT2D eigenvalue weighted by molar-refractivity contribution is -0.222. The third-order valence-corrected chi connectivity index (χ3v) is 7.00. The molecule has 6 nitrogen and oxygen atoms in total. The van der Waals surface area contributed by atoms with Crippen molar-refractivity contribution in [2.24, 2.45) is 0 Å². The third-order valence-electron chi connectivity index (χ3n) is 6.53. The maximum atomic E-state index is 16.1. The minimum absolute atomic E-state index is 0.0112. The fourth-order valence-electron chi connectivity index (χ4n) is 4.74. The van der Waals surface area contributed by atoms with Crippen LogP contribution in [0.25, 0.3) is 0 Å². The number of rotatable bonds is 6. The van der Waals surface area contributed by atoms with Gasteiger partial charge in [-0.05, 0) is 62.2 Å². The summed E-state index contributed by atoms with van der Waals surface area (Å²) >= 11 is 12.2. The zero-order valence-corrected chi connectivity index (χ0v) is 21.3. The topological polar surface area (TPSA) is 71.9 Å². The number of hydrogen-bond acceptors (Lipinski definition) is 5. The van der Waals surface area contributed by atoms with Crippen LogP contribution in [0.1, 0.15) is 59.4 Å². The van der Waals surface area contributed by atoms with Gasteiger partial charge < -0.3 is 14.6 Å². The predicted octanol–water partition coefficient (Wildman–Crippen LogP) is 5.77. The first kappa shape index (κ1) is 25.1. The highest BCUT2D eigenvalue weighted by Gasteiger charge is 2.56. The highest BCUT2D eigenvalue weighted by atomic mass is 35.5. The van der Waals surface area contributed by atoms with Crippen molar-refractivity contribution in [1.82, 2.24) is 9.88 Å². The lowest BCUT2D eigenvalue weighted by Gasteiger charge is -2.41. The average Bonchev–Trinajstić information content (AvgIpc) is 3.42. The van der Waals surface area contributed by atoms with E-state index >= 15 is 4.39 Å². The minimum atomic E-state index is -1.66. The van der Waals surface area contributed by atoms with Gasteiger partial charge >= 0.3 is 0 Å². The number of nitrogens with zero attached hydrogens (tertiary/aromatic N) is 2. The fraction of sp³-hybridized carbons (Fsp3) is 0.333. The summed E-state index contributed by atoms with van der Waals surface area (Å²) < 4.78 is 28.5. The molecular formula is C27H25Cl2FN2O4. The van der Waals surface area contributed by atoms with Crippen molar-refractivity contribution in [3.05, 3.63) is 98.5 Å². The lowest BCUT2D eigenvalue weighted by Crippen LogP contribution is -2.49. The van der Waals surface area contributed by atoms with E-state index in [-0.39, 0.29) is 23.2 Å². The van der Waals surface area contributed by atoms with Crippen molar-refractivity contribution in [2.45, 2.75) is 50.8 Å². The number of fused-ring (bicyclic) bond motifs is 1. The van der Waals surface area contributed by atoms with Crippen molar-refractivity contribution in [2.75, 3.05) is 6.61 Å². The minimum Gasteiger partial charge on any atom is -0.386 e. The van der Waals surface area contributed by atoms with Crippen molar-refractivity contribution >= 4 is 29.1 Å². The van der Waals surface area contributed by atoms with Crippen LogP contribution >= 0.6 is 23.2 Å². The van der Waals surface area contributed by atoms with Gasteiger partial charge in [-0.2, -0.15) is 0 Å². The van der Waals surface area contributed by atoms with Gasteiger partial charge in [0.2, 0.25) is 5.72 Å². The average molecular weight is 531 g/mol. The molecular weight excluding hydrogens is 506 g/mol. The number of aliphatic hydroxyl groups is 1. The first-order valence-corrected chi connectivity index (χ1v) is 12.4. The van der Waals surface area contributed by atoms with Gasteiger partial charge in [0.15, 0.2) is 6.29 Å². The molecule has 0 saturated carbocycles. The number of halogens is 3. The second-order valence-electron chi connectivity index (χ2n) is 9.51. The summed E-state index contributed by atoms with van der Waals surface area (Å²) in [6.45, 7) is 3.59. The summed E-state index contributed by atoms with van der Waals surface area (Å²) in [5.41, 5.74) is -1.52. The molecule has 0 bridgehead atoms. The molecule has 3 aromatic rings. The van der Waals surface area contributed by atoms with E-state index in [4.69, 9.17) is 32.7 Å². The molecule has 0 radical (unpaired) electrons. The molecule has 2 aliphatic rings. The SMILES string of the molecule is CC(C)(O)c1cc(F)c2c(c1)C(=O)N(Cc1ccc(Cl)cn1)[C@@]2(OC1CCCO1)c1ccc(Cl)cc1. The van der Waals surface area contributed by atoms with Crippen molar-refractivity contribution in [1.29, 1.82) is 0 Å². The number of benzene rings is 2. The Morgan fingerprint density at radius 3 is 2.53 bits per heavy atom. The number of ether oxygens (including phenoxy) is 2. The summed E-state index contributed by atoms with van der Waals surface area (Å²) in [4.78, 5) is 19.8. The van der Waals surface area contributed by atoms with E-state index in [0.717, 1.165) is 6.42 Å². The molecule has 188 valence electrons. The Balaban J connectivity index is 1.76. The number of pyridine rings is 1. The van der Waals surface area contributed by atoms with Crippen molar-refractivity contribution in [3.63, 3.8) is 0 Å². The third kappa shape index (κ3) is 4.40. The first-order valence-electron chi connectivity index (χ1n) is 11.6. The number of carbonyl (C=O) groups is 1. The normalized spacial score (nSPS) is 21.8. The molecule has 9 heteroatoms. The van der Waals surface area contributed by atoms with Crippen molar-refractivity contribution in [3.8, 4) is 0 Å². The zero-order valence-electron chi connectivity index (χ0n) is 19.8. The molecule has 1 fully saturated rings. The Bertz CT molecular complexity index is 1290. The van der Waals surface area contributed by atoms with Gasteiger partial charge in [-0.25, -0.2) is 4.39 Å². The molecule has 5 rings (SSSR count). The molecule has 2 atom stereocenters. The smallest absolute Gasteiger partial charge is 0.257 e. The number of amides is 1. The van der Waals surface area contributed by atoms with Crippen LogP contribution in [0.5, 0.6) is 0 Å². The van der Waals surface area contributed by atoms with Gasteiger partial charge in [-0.1, -0.05) is 35.3 Å². The largest absolute Gasteiger partial charge is 0.386 e. The Hall–Kier alpha value is -2.55. The highest BCUT2D eigenvalue weighted by Crippen LogP contribution is 2.49. The summed E-state index contributed by atoms with van der Waals surface area (Å²) in [5.74, 6) is -1.13. The van der Waals surface area contributed by atoms with E-state index in [0.29, 0.717) is 34.3 Å². The van der Waals surface area contributed by atoms with E-state index in [9.17, 15) is 9.90 Å². The number of carbonyl (C=O) groups excluding carboxylic acids is 1. The van der Waals surface area contributed by atoms with E-state index in [2.05, 4.69) is 4.98 Å². The molecule has 0 aliphatic carbocycles. The van der Waals surface area contributed by atoms with E-state index in [1.165, 1.54) is 37.1 Å². The quantitative estimate of drug-likeness (QED) is 0.438. The molecule has 3 heterocycles. The summed E-state index contributed by atoms with van der Waals surface area (Å²) in [7, 11) is 0. The van der Waals surface area contributed by atoms with Crippen LogP contribution in [0.15, 0.2) is 54.7 Å². The van der Waals surface area contributed by atoms with Crippen LogP contribution in [-0.4, -0.2) is 33.8 Å². The Morgan fingerprint density at radius 2 is 1.92 bits per heavy atom. The van der Waals surface area contributed by atoms with Gasteiger partial charge in [0.25, 0.3) is 5.91 Å². The fourth-order valence-corrected chi connectivity index (χ4v) is 4.98. The molecule has 36 heavy (non-hydrogen) atoms. The van der Waals surface area contributed by atoms with Crippen LogP contribution in [0.4, 0.5) is 4.39 Å². The molecule has 0 spiro atoms. The van der Waals surface area contributed by atoms with Gasteiger partial charge in [-0.15, -0.1) is 0 Å². The van der Waals surface area contributed by atoms with Crippen LogP contribution < -0.4 is 0 Å². The van der Waals surface area contributed by atoms with Gasteiger partial charge in [0.1, 0.15) is 5.82 Å². The summed E-state index contributed by atoms with van der Waals surface area (Å²) in [5, 5.41) is 11.5.